The van der Waals surface area contributed by atoms with Crippen molar-refractivity contribution in [3.63, 3.8) is 0 Å². The van der Waals surface area contributed by atoms with E-state index in [4.69, 9.17) is 16.3 Å². The molecule has 2 rings (SSSR count). The van der Waals surface area contributed by atoms with Crippen LogP contribution >= 0.6 is 11.6 Å². The highest BCUT2D eigenvalue weighted by Crippen LogP contribution is 2.20. The van der Waals surface area contributed by atoms with E-state index >= 15 is 0 Å². The zero-order chi connectivity index (χ0) is 13.1. The van der Waals surface area contributed by atoms with Crippen LogP contribution in [0.1, 0.15) is 23.0 Å². The molecule has 0 spiro atoms. The quantitative estimate of drug-likeness (QED) is 0.801. The number of rotatable bonds is 3. The first-order valence-electron chi connectivity index (χ1n) is 5.61. The number of para-hydroxylation sites is 1. The Morgan fingerprint density at radius 2 is 2.17 bits per heavy atom. The molecule has 94 valence electrons. The van der Waals surface area contributed by atoms with Crippen LogP contribution < -0.4 is 0 Å². The van der Waals surface area contributed by atoms with Crippen LogP contribution in [0.3, 0.4) is 0 Å². The summed E-state index contributed by atoms with van der Waals surface area (Å²) in [6, 6.07) is 7.72. The van der Waals surface area contributed by atoms with Gasteiger partial charge in [-0.2, -0.15) is 5.10 Å². The van der Waals surface area contributed by atoms with Crippen molar-refractivity contribution in [1.82, 2.24) is 9.78 Å². The maximum absolute atomic E-state index is 11.6. The molecule has 0 amide bonds. The van der Waals surface area contributed by atoms with Gasteiger partial charge in [-0.15, -0.1) is 0 Å². The minimum Gasteiger partial charge on any atom is -0.461 e. The molecule has 1 heterocycles. The van der Waals surface area contributed by atoms with Crippen LogP contribution in [-0.4, -0.2) is 22.4 Å². The van der Waals surface area contributed by atoms with E-state index < -0.39 is 5.97 Å². The first-order chi connectivity index (χ1) is 8.63. The molecule has 2 aromatic rings. The lowest BCUT2D eigenvalue weighted by molar-refractivity contribution is 0.0519. The first kappa shape index (κ1) is 12.6. The van der Waals surface area contributed by atoms with Gasteiger partial charge in [-0.05, 0) is 25.5 Å². The summed E-state index contributed by atoms with van der Waals surface area (Å²) in [6.45, 7) is 4.01. The molecular weight excluding hydrogens is 252 g/mol. The Morgan fingerprint density at radius 1 is 1.44 bits per heavy atom. The van der Waals surface area contributed by atoms with Crippen molar-refractivity contribution in [1.29, 1.82) is 0 Å². The Morgan fingerprint density at radius 3 is 2.83 bits per heavy atom. The number of carbonyl (C=O) groups is 1. The van der Waals surface area contributed by atoms with Crippen molar-refractivity contribution < 1.29 is 9.53 Å². The van der Waals surface area contributed by atoms with Gasteiger partial charge in [0.25, 0.3) is 0 Å². The van der Waals surface area contributed by atoms with Gasteiger partial charge >= 0.3 is 5.97 Å². The molecule has 4 nitrogen and oxygen atoms in total. The van der Waals surface area contributed by atoms with E-state index in [0.29, 0.717) is 6.61 Å². The second-order valence-electron chi connectivity index (χ2n) is 3.78. The summed E-state index contributed by atoms with van der Waals surface area (Å²) in [6.07, 6.45) is 1.61. The van der Waals surface area contributed by atoms with Gasteiger partial charge in [-0.3, -0.25) is 0 Å². The summed E-state index contributed by atoms with van der Waals surface area (Å²) in [5, 5.41) is 4.46. The molecule has 5 heteroatoms. The van der Waals surface area contributed by atoms with Gasteiger partial charge in [-0.25, -0.2) is 9.48 Å². The van der Waals surface area contributed by atoms with Gasteiger partial charge in [0.05, 0.1) is 23.5 Å². The maximum Gasteiger partial charge on any atom is 0.360 e. The first-order valence-corrected chi connectivity index (χ1v) is 5.99. The van der Waals surface area contributed by atoms with Crippen LogP contribution in [0, 0.1) is 6.92 Å². The van der Waals surface area contributed by atoms with E-state index in [1.165, 1.54) is 0 Å². The lowest BCUT2D eigenvalue weighted by Gasteiger charge is -2.04. The Bertz CT molecular complexity index is 578. The van der Waals surface area contributed by atoms with E-state index in [0.717, 1.165) is 11.3 Å². The van der Waals surface area contributed by atoms with Crippen molar-refractivity contribution in [2.45, 2.75) is 13.8 Å². The fraction of sp³-hybridized carbons (Fsp3) is 0.231. The number of carbonyl (C=O) groups excluding carboxylic acids is 1. The van der Waals surface area contributed by atoms with Gasteiger partial charge in [0.2, 0.25) is 0 Å². The minimum atomic E-state index is -0.505. The lowest BCUT2D eigenvalue weighted by atomic mass is 10.2. The van der Waals surface area contributed by atoms with Crippen molar-refractivity contribution in [3.05, 3.63) is 46.7 Å². The Hall–Kier alpha value is -1.81. The molecule has 0 fully saturated rings. The Labute approximate surface area is 110 Å². The zero-order valence-corrected chi connectivity index (χ0v) is 10.9. The van der Waals surface area contributed by atoms with Crippen LogP contribution in [0.25, 0.3) is 5.69 Å². The summed E-state index contributed by atoms with van der Waals surface area (Å²) < 4.78 is 6.48. The van der Waals surface area contributed by atoms with Gasteiger partial charge in [-0.1, -0.05) is 29.8 Å². The van der Waals surface area contributed by atoms with Gasteiger partial charge in [0, 0.05) is 0 Å². The van der Waals surface area contributed by atoms with Crippen molar-refractivity contribution in [2.24, 2.45) is 0 Å². The fourth-order valence-electron chi connectivity index (χ4n) is 1.63. The highest BCUT2D eigenvalue weighted by Gasteiger charge is 2.17. The monoisotopic (exact) mass is 264 g/mol. The molecule has 0 aliphatic heterocycles. The van der Waals surface area contributed by atoms with Crippen LogP contribution in [-0.2, 0) is 4.74 Å². The van der Waals surface area contributed by atoms with Crippen LogP contribution in [0.15, 0.2) is 30.5 Å². The summed E-state index contributed by atoms with van der Waals surface area (Å²) >= 11 is 5.99. The van der Waals surface area contributed by atoms with E-state index in [-0.39, 0.29) is 10.7 Å². The number of halogens is 1. The maximum atomic E-state index is 11.6. The fourth-order valence-corrected chi connectivity index (χ4v) is 1.84. The minimum absolute atomic E-state index is 0.141. The second kappa shape index (κ2) is 5.23. The summed E-state index contributed by atoms with van der Waals surface area (Å²) in [5.74, 6) is -0.505. The van der Waals surface area contributed by atoms with Crippen LogP contribution in [0.2, 0.25) is 5.02 Å². The number of aromatic nitrogens is 2. The second-order valence-corrected chi connectivity index (χ2v) is 4.18. The number of esters is 1. The standard InChI is InChI=1S/C13H13ClN2O2/c1-3-18-13(17)12-10(14)8-16(15-12)11-7-5-4-6-9(11)2/h4-8H,3H2,1-2H3. The molecule has 0 saturated carbocycles. The Kier molecular flexibility index (Phi) is 3.67. The van der Waals surface area contributed by atoms with Gasteiger partial charge in [0.1, 0.15) is 0 Å². The number of ether oxygens (including phenoxy) is 1. The largest absolute Gasteiger partial charge is 0.461 e. The molecule has 0 bridgehead atoms. The average Bonchev–Trinajstić information content (AvgIpc) is 2.72. The molecule has 0 N–H and O–H groups in total. The topological polar surface area (TPSA) is 44.1 Å². The summed E-state index contributed by atoms with van der Waals surface area (Å²) in [5.41, 5.74) is 2.07. The van der Waals surface area contributed by atoms with Gasteiger partial charge in [0.15, 0.2) is 5.69 Å². The third kappa shape index (κ3) is 2.38. The third-order valence-electron chi connectivity index (χ3n) is 2.50. The molecular formula is C13H13ClN2O2. The molecule has 0 radical (unpaired) electrons. The zero-order valence-electron chi connectivity index (χ0n) is 10.2. The van der Waals surface area contributed by atoms with Gasteiger partial charge < -0.3 is 4.74 Å². The van der Waals surface area contributed by atoms with Crippen molar-refractivity contribution in [3.8, 4) is 5.69 Å². The van der Waals surface area contributed by atoms with E-state index in [1.54, 1.807) is 17.8 Å². The molecule has 0 unspecified atom stereocenters. The average molecular weight is 265 g/mol. The molecule has 1 aromatic heterocycles. The van der Waals surface area contributed by atoms with E-state index in [9.17, 15) is 4.79 Å². The summed E-state index contributed by atoms with van der Waals surface area (Å²) in [4.78, 5) is 11.6. The number of hydrogen-bond donors (Lipinski definition) is 0. The highest BCUT2D eigenvalue weighted by molar-refractivity contribution is 6.33. The highest BCUT2D eigenvalue weighted by atomic mass is 35.5. The molecule has 0 atom stereocenters. The molecule has 0 aliphatic carbocycles. The number of hydrogen-bond acceptors (Lipinski definition) is 3. The number of aryl methyl sites for hydroxylation is 1. The molecule has 0 saturated heterocycles. The predicted molar refractivity (Wildman–Crippen MR) is 69.3 cm³/mol. The van der Waals surface area contributed by atoms with Crippen LogP contribution in [0.4, 0.5) is 0 Å². The normalized spacial score (nSPS) is 10.4. The third-order valence-corrected chi connectivity index (χ3v) is 2.78. The Balaban J connectivity index is 2.41. The molecule has 18 heavy (non-hydrogen) atoms. The predicted octanol–water partition coefficient (Wildman–Crippen LogP) is 3.01. The molecule has 0 aliphatic rings. The molecule has 1 aromatic carbocycles. The SMILES string of the molecule is CCOC(=O)c1nn(-c2ccccc2C)cc1Cl. The summed E-state index contributed by atoms with van der Waals surface area (Å²) in [7, 11) is 0. The number of benzene rings is 1. The van der Waals surface area contributed by atoms with E-state index in [2.05, 4.69) is 5.10 Å². The lowest BCUT2D eigenvalue weighted by Crippen LogP contribution is -2.07. The van der Waals surface area contributed by atoms with Crippen LogP contribution in [0.5, 0.6) is 0 Å². The smallest absolute Gasteiger partial charge is 0.360 e. The van der Waals surface area contributed by atoms with Crippen molar-refractivity contribution >= 4 is 17.6 Å². The van der Waals surface area contributed by atoms with E-state index in [1.807, 2.05) is 31.2 Å². The number of nitrogens with zero attached hydrogens (tertiary/aromatic N) is 2. The van der Waals surface area contributed by atoms with Crippen molar-refractivity contribution in [2.75, 3.05) is 6.61 Å².